The maximum Gasteiger partial charge on any atom is 0.251 e. The third-order valence-electron chi connectivity index (χ3n) is 5.34. The summed E-state index contributed by atoms with van der Waals surface area (Å²) in [5, 5.41) is 0.651. The van der Waals surface area contributed by atoms with Crippen molar-refractivity contribution in [3.8, 4) is 0 Å². The lowest BCUT2D eigenvalue weighted by Crippen LogP contribution is -2.37. The summed E-state index contributed by atoms with van der Waals surface area (Å²) in [6, 6.07) is 4.66. The van der Waals surface area contributed by atoms with Crippen LogP contribution in [-0.2, 0) is 6.54 Å². The topological polar surface area (TPSA) is 77.3 Å². The van der Waals surface area contributed by atoms with Gasteiger partial charge in [-0.1, -0.05) is 0 Å². The van der Waals surface area contributed by atoms with Crippen LogP contribution >= 0.6 is 12.4 Å². The van der Waals surface area contributed by atoms with E-state index in [1.165, 1.54) is 12.1 Å². The molecule has 4 rings (SSSR count). The highest BCUT2D eigenvalue weighted by molar-refractivity contribution is 5.88. The first-order valence-electron chi connectivity index (χ1n) is 8.68. The van der Waals surface area contributed by atoms with Crippen molar-refractivity contribution in [3.63, 3.8) is 0 Å². The van der Waals surface area contributed by atoms with E-state index < -0.39 is 11.5 Å². The number of nitrogens with zero attached hydrogens (tertiary/aromatic N) is 2. The van der Waals surface area contributed by atoms with Crippen molar-refractivity contribution in [3.05, 3.63) is 39.9 Å². The third kappa shape index (κ3) is 2.98. The van der Waals surface area contributed by atoms with E-state index in [0.717, 1.165) is 12.8 Å². The highest BCUT2D eigenvalue weighted by atomic mass is 35.5. The number of hydrogen-bond acceptors (Lipinski definition) is 4. The summed E-state index contributed by atoms with van der Waals surface area (Å²) in [5.41, 5.74) is 11.4. The minimum atomic E-state index is -1.51. The Kier molecular flexibility index (Phi) is 4.98. The SMILES string of the molecule is Cl.NCc1c(N2CCC(F)(CN)C2)c(F)cc2ccc(=O)n(C3CC3)c12. The standard InChI is InChI=1S/C18H22F2N4O.ClH/c19-14-7-11-1-4-15(25)24(12-2-3-12)16(11)13(8-21)17(14)23-6-5-18(20,9-22)10-23;/h1,4,7,12H,2-3,5-6,8-10,21-22H2;1H. The largest absolute Gasteiger partial charge is 0.365 e. The molecule has 0 bridgehead atoms. The summed E-state index contributed by atoms with van der Waals surface area (Å²) in [5.74, 6) is -0.435. The van der Waals surface area contributed by atoms with Crippen LogP contribution in [0.15, 0.2) is 23.0 Å². The zero-order valence-corrected chi connectivity index (χ0v) is 15.2. The zero-order valence-electron chi connectivity index (χ0n) is 14.4. The second-order valence-corrected chi connectivity index (χ2v) is 7.13. The van der Waals surface area contributed by atoms with Crippen LogP contribution in [0.2, 0.25) is 0 Å². The zero-order chi connectivity index (χ0) is 17.8. The molecule has 1 saturated carbocycles. The second kappa shape index (κ2) is 6.79. The van der Waals surface area contributed by atoms with Crippen LogP contribution < -0.4 is 21.9 Å². The summed E-state index contributed by atoms with van der Waals surface area (Å²) in [7, 11) is 0. The Labute approximate surface area is 156 Å². The molecule has 1 aliphatic carbocycles. The van der Waals surface area contributed by atoms with Gasteiger partial charge in [0, 0.05) is 49.1 Å². The monoisotopic (exact) mass is 384 g/mol. The third-order valence-corrected chi connectivity index (χ3v) is 5.34. The Morgan fingerprint density at radius 2 is 2.00 bits per heavy atom. The normalized spacial score (nSPS) is 22.7. The van der Waals surface area contributed by atoms with Crippen LogP contribution in [-0.4, -0.2) is 29.9 Å². The van der Waals surface area contributed by atoms with Gasteiger partial charge in [0.05, 0.1) is 17.7 Å². The Balaban J connectivity index is 0.00000196. The molecule has 0 amide bonds. The number of aromatic nitrogens is 1. The van der Waals surface area contributed by atoms with Crippen LogP contribution in [0.1, 0.15) is 30.9 Å². The van der Waals surface area contributed by atoms with E-state index in [0.29, 0.717) is 28.7 Å². The number of hydrogen-bond donors (Lipinski definition) is 2. The maximum atomic E-state index is 14.9. The van der Waals surface area contributed by atoms with Gasteiger partial charge in [-0.05, 0) is 25.0 Å². The smallest absolute Gasteiger partial charge is 0.251 e. The molecule has 1 atom stereocenters. The molecule has 0 radical (unpaired) electrons. The van der Waals surface area contributed by atoms with Crippen molar-refractivity contribution < 1.29 is 8.78 Å². The van der Waals surface area contributed by atoms with Gasteiger partial charge in [0.2, 0.25) is 0 Å². The van der Waals surface area contributed by atoms with Crippen LogP contribution in [0.4, 0.5) is 14.5 Å². The predicted octanol–water partition coefficient (Wildman–Crippen LogP) is 2.23. The van der Waals surface area contributed by atoms with E-state index in [4.69, 9.17) is 11.5 Å². The van der Waals surface area contributed by atoms with Crippen molar-refractivity contribution in [2.45, 2.75) is 37.5 Å². The molecule has 1 aliphatic heterocycles. The molecule has 142 valence electrons. The number of alkyl halides is 1. The number of pyridine rings is 1. The fourth-order valence-corrected chi connectivity index (χ4v) is 3.89. The van der Waals surface area contributed by atoms with Gasteiger partial charge in [-0.2, -0.15) is 0 Å². The van der Waals surface area contributed by atoms with E-state index >= 15 is 0 Å². The Bertz CT molecular complexity index is 899. The number of anilines is 1. The molecule has 4 N–H and O–H groups in total. The van der Waals surface area contributed by atoms with E-state index in [-0.39, 0.29) is 50.1 Å². The molecule has 2 aliphatic rings. The fraction of sp³-hybridized carbons (Fsp3) is 0.500. The first kappa shape index (κ1) is 19.1. The van der Waals surface area contributed by atoms with Gasteiger partial charge >= 0.3 is 0 Å². The lowest BCUT2D eigenvalue weighted by atomic mass is 10.0. The molecule has 0 spiro atoms. The lowest BCUT2D eigenvalue weighted by molar-refractivity contribution is 0.204. The van der Waals surface area contributed by atoms with Crippen LogP contribution in [0.25, 0.3) is 10.9 Å². The highest BCUT2D eigenvalue weighted by Crippen LogP contribution is 2.40. The predicted molar refractivity (Wildman–Crippen MR) is 101 cm³/mol. The van der Waals surface area contributed by atoms with E-state index in [1.54, 1.807) is 15.5 Å². The molecule has 5 nitrogen and oxygen atoms in total. The molecule has 2 heterocycles. The number of rotatable bonds is 4. The number of nitrogens with two attached hydrogens (primary N) is 2. The van der Waals surface area contributed by atoms with Gasteiger partial charge in [-0.15, -0.1) is 12.4 Å². The first-order valence-corrected chi connectivity index (χ1v) is 8.68. The molecule has 1 aromatic carbocycles. The summed E-state index contributed by atoms with van der Waals surface area (Å²) < 4.78 is 31.2. The van der Waals surface area contributed by atoms with Gasteiger partial charge in [0.25, 0.3) is 5.56 Å². The molecule has 1 aromatic heterocycles. The van der Waals surface area contributed by atoms with Gasteiger partial charge in [-0.3, -0.25) is 4.79 Å². The number of halogens is 3. The molecule has 2 fully saturated rings. The lowest BCUT2D eigenvalue weighted by Gasteiger charge is -2.26. The Morgan fingerprint density at radius 1 is 1.27 bits per heavy atom. The average molecular weight is 385 g/mol. The highest BCUT2D eigenvalue weighted by Gasteiger charge is 2.39. The summed E-state index contributed by atoms with van der Waals surface area (Å²) >= 11 is 0. The molecular formula is C18H23ClF2N4O. The summed E-state index contributed by atoms with van der Waals surface area (Å²) in [4.78, 5) is 14.1. The Morgan fingerprint density at radius 3 is 2.58 bits per heavy atom. The minimum Gasteiger partial charge on any atom is -0.365 e. The van der Waals surface area contributed by atoms with E-state index in [2.05, 4.69) is 0 Å². The van der Waals surface area contributed by atoms with Crippen LogP contribution in [0.3, 0.4) is 0 Å². The van der Waals surface area contributed by atoms with Crippen molar-refractivity contribution in [1.29, 1.82) is 0 Å². The number of benzene rings is 1. The van der Waals surface area contributed by atoms with Crippen molar-refractivity contribution in [1.82, 2.24) is 4.57 Å². The quantitative estimate of drug-likeness (QED) is 0.847. The van der Waals surface area contributed by atoms with Crippen molar-refractivity contribution >= 4 is 29.0 Å². The van der Waals surface area contributed by atoms with Crippen LogP contribution in [0.5, 0.6) is 0 Å². The van der Waals surface area contributed by atoms with Crippen molar-refractivity contribution in [2.24, 2.45) is 11.5 Å². The van der Waals surface area contributed by atoms with Gasteiger partial charge in [0.1, 0.15) is 11.5 Å². The maximum absolute atomic E-state index is 14.9. The molecular weight excluding hydrogens is 362 g/mol. The van der Waals surface area contributed by atoms with Crippen molar-refractivity contribution in [2.75, 3.05) is 24.5 Å². The van der Waals surface area contributed by atoms with Gasteiger partial charge in [-0.25, -0.2) is 8.78 Å². The fourth-order valence-electron chi connectivity index (χ4n) is 3.89. The summed E-state index contributed by atoms with van der Waals surface area (Å²) in [6.07, 6.45) is 2.12. The minimum absolute atomic E-state index is 0. The van der Waals surface area contributed by atoms with Gasteiger partial charge in [0.15, 0.2) is 0 Å². The first-order chi connectivity index (χ1) is 12.0. The Hall–Kier alpha value is -1.70. The summed E-state index contributed by atoms with van der Waals surface area (Å²) in [6.45, 7) is 0.407. The molecule has 8 heteroatoms. The van der Waals surface area contributed by atoms with E-state index in [1.807, 2.05) is 0 Å². The van der Waals surface area contributed by atoms with Crippen LogP contribution in [0, 0.1) is 5.82 Å². The average Bonchev–Trinajstić information content (AvgIpc) is 3.36. The molecule has 2 aromatic rings. The number of fused-ring (bicyclic) bond motifs is 1. The van der Waals surface area contributed by atoms with E-state index in [9.17, 15) is 13.6 Å². The molecule has 1 unspecified atom stereocenters. The van der Waals surface area contributed by atoms with Gasteiger partial charge < -0.3 is 20.9 Å². The molecule has 1 saturated heterocycles. The second-order valence-electron chi connectivity index (χ2n) is 7.13. The molecule has 26 heavy (non-hydrogen) atoms.